The number of nitrogens with one attached hydrogen (secondary N) is 1. The summed E-state index contributed by atoms with van der Waals surface area (Å²) in [5.74, 6) is 0. The lowest BCUT2D eigenvalue weighted by molar-refractivity contribution is -0.138. The van der Waals surface area contributed by atoms with Gasteiger partial charge in [0.1, 0.15) is 0 Å². The Balaban J connectivity index is 2.25. The van der Waals surface area contributed by atoms with Crippen molar-refractivity contribution in [1.29, 1.82) is 0 Å². The summed E-state index contributed by atoms with van der Waals surface area (Å²) in [6, 6.07) is 0.801. The molecule has 2 atom stereocenters. The Hall–Kier alpha value is -0.290. The summed E-state index contributed by atoms with van der Waals surface area (Å²) >= 11 is 0. The van der Waals surface area contributed by atoms with Crippen LogP contribution in [-0.4, -0.2) is 43.3 Å². The summed E-state index contributed by atoms with van der Waals surface area (Å²) in [5.41, 5.74) is 0. The van der Waals surface area contributed by atoms with Crippen molar-refractivity contribution in [1.82, 2.24) is 10.2 Å². The normalized spacial score (nSPS) is 26.6. The van der Waals surface area contributed by atoms with Crippen molar-refractivity contribution in [3.05, 3.63) is 0 Å². The molecule has 1 rings (SSSR count). The summed E-state index contributed by atoms with van der Waals surface area (Å²) in [4.78, 5) is 1.85. The van der Waals surface area contributed by atoms with Gasteiger partial charge in [-0.25, -0.2) is 0 Å². The molecule has 2 unspecified atom stereocenters. The molecule has 0 aromatic rings. The summed E-state index contributed by atoms with van der Waals surface area (Å²) < 4.78 is 36.2. The second-order valence-corrected chi connectivity index (χ2v) is 4.57. The van der Waals surface area contributed by atoms with E-state index in [9.17, 15) is 13.2 Å². The van der Waals surface area contributed by atoms with E-state index in [1.807, 2.05) is 4.90 Å². The molecule has 0 heterocycles. The summed E-state index contributed by atoms with van der Waals surface area (Å²) in [5, 5.41) is 3.35. The second kappa shape index (κ2) is 5.87. The van der Waals surface area contributed by atoms with Gasteiger partial charge < -0.3 is 10.2 Å². The van der Waals surface area contributed by atoms with E-state index < -0.39 is 12.6 Å². The highest BCUT2D eigenvalue weighted by Gasteiger charge is 2.31. The van der Waals surface area contributed by atoms with Gasteiger partial charge in [-0.05, 0) is 32.9 Å². The molecule has 1 aliphatic carbocycles. The Morgan fingerprint density at radius 2 is 2.00 bits per heavy atom. The van der Waals surface area contributed by atoms with Crippen molar-refractivity contribution >= 4 is 0 Å². The third-order valence-electron chi connectivity index (χ3n) is 3.27. The van der Waals surface area contributed by atoms with Gasteiger partial charge in [-0.2, -0.15) is 13.2 Å². The van der Waals surface area contributed by atoms with E-state index in [-0.39, 0.29) is 6.54 Å². The van der Waals surface area contributed by atoms with Crippen LogP contribution in [0.5, 0.6) is 0 Å². The lowest BCUT2D eigenvalue weighted by atomic mass is 10.2. The molecular weight excluding hydrogens is 217 g/mol. The molecule has 0 aromatic heterocycles. The Morgan fingerprint density at radius 1 is 1.31 bits per heavy atom. The highest BCUT2D eigenvalue weighted by molar-refractivity contribution is 4.85. The Morgan fingerprint density at radius 3 is 2.56 bits per heavy atom. The standard InChI is InChI=1S/C11H21F3N2/c1-3-15-9-4-5-10(8-9)16(2)7-6-11(12,13)14/h9-10,15H,3-8H2,1-2H3. The molecule has 1 N–H and O–H groups in total. The van der Waals surface area contributed by atoms with Gasteiger partial charge in [0.05, 0.1) is 6.42 Å². The fourth-order valence-corrected chi connectivity index (χ4v) is 2.32. The minimum absolute atomic E-state index is 0.118. The van der Waals surface area contributed by atoms with Gasteiger partial charge >= 0.3 is 6.18 Å². The first-order valence-corrected chi connectivity index (χ1v) is 5.92. The van der Waals surface area contributed by atoms with Crippen molar-refractivity contribution in [2.24, 2.45) is 0 Å². The zero-order valence-corrected chi connectivity index (χ0v) is 9.98. The van der Waals surface area contributed by atoms with Gasteiger partial charge in [0.2, 0.25) is 0 Å². The summed E-state index contributed by atoms with van der Waals surface area (Å²) in [6.45, 7) is 3.11. The first kappa shape index (κ1) is 13.8. The Kier molecular flexibility index (Phi) is 5.05. The van der Waals surface area contributed by atoms with Crippen LogP contribution in [0.4, 0.5) is 13.2 Å². The average molecular weight is 238 g/mol. The minimum Gasteiger partial charge on any atom is -0.314 e. The van der Waals surface area contributed by atoms with E-state index >= 15 is 0 Å². The molecule has 0 aliphatic heterocycles. The van der Waals surface area contributed by atoms with Crippen LogP contribution in [0, 0.1) is 0 Å². The van der Waals surface area contributed by atoms with E-state index in [1.165, 1.54) is 0 Å². The molecule has 0 saturated heterocycles. The second-order valence-electron chi connectivity index (χ2n) is 4.57. The van der Waals surface area contributed by atoms with Gasteiger partial charge in [-0.3, -0.25) is 0 Å². The van der Waals surface area contributed by atoms with Crippen molar-refractivity contribution in [3.63, 3.8) is 0 Å². The number of hydrogen-bond acceptors (Lipinski definition) is 2. The van der Waals surface area contributed by atoms with Crippen molar-refractivity contribution < 1.29 is 13.2 Å². The molecule has 0 radical (unpaired) electrons. The quantitative estimate of drug-likeness (QED) is 0.791. The molecule has 1 saturated carbocycles. The van der Waals surface area contributed by atoms with Crippen molar-refractivity contribution in [2.45, 2.75) is 50.9 Å². The Labute approximate surface area is 95.2 Å². The first-order valence-electron chi connectivity index (χ1n) is 5.92. The zero-order chi connectivity index (χ0) is 12.2. The highest BCUT2D eigenvalue weighted by Crippen LogP contribution is 2.25. The third-order valence-corrected chi connectivity index (χ3v) is 3.27. The van der Waals surface area contributed by atoms with E-state index in [0.29, 0.717) is 12.1 Å². The highest BCUT2D eigenvalue weighted by atomic mass is 19.4. The van der Waals surface area contributed by atoms with Crippen LogP contribution < -0.4 is 5.32 Å². The van der Waals surface area contributed by atoms with Crippen LogP contribution in [0.2, 0.25) is 0 Å². The third kappa shape index (κ3) is 4.70. The molecule has 5 heteroatoms. The predicted octanol–water partition coefficient (Wildman–Crippen LogP) is 2.40. The lowest BCUT2D eigenvalue weighted by Gasteiger charge is -2.24. The van der Waals surface area contributed by atoms with E-state index in [0.717, 1.165) is 25.8 Å². The van der Waals surface area contributed by atoms with Crippen molar-refractivity contribution in [3.8, 4) is 0 Å². The predicted molar refractivity (Wildman–Crippen MR) is 58.4 cm³/mol. The molecule has 16 heavy (non-hydrogen) atoms. The van der Waals surface area contributed by atoms with E-state index in [4.69, 9.17) is 0 Å². The van der Waals surface area contributed by atoms with Crippen LogP contribution in [0.1, 0.15) is 32.6 Å². The monoisotopic (exact) mass is 238 g/mol. The fourth-order valence-electron chi connectivity index (χ4n) is 2.32. The minimum atomic E-state index is -4.03. The van der Waals surface area contributed by atoms with E-state index in [1.54, 1.807) is 7.05 Å². The zero-order valence-electron chi connectivity index (χ0n) is 9.98. The largest absolute Gasteiger partial charge is 0.390 e. The number of rotatable bonds is 5. The van der Waals surface area contributed by atoms with Crippen LogP contribution in [0.3, 0.4) is 0 Å². The smallest absolute Gasteiger partial charge is 0.314 e. The van der Waals surface area contributed by atoms with Crippen molar-refractivity contribution in [2.75, 3.05) is 20.1 Å². The summed E-state index contributed by atoms with van der Waals surface area (Å²) in [6.07, 6.45) is -1.68. The fraction of sp³-hybridized carbons (Fsp3) is 1.00. The maximum atomic E-state index is 12.1. The Bertz CT molecular complexity index is 206. The number of nitrogens with zero attached hydrogens (tertiary/aromatic N) is 1. The number of hydrogen-bond donors (Lipinski definition) is 1. The van der Waals surface area contributed by atoms with Gasteiger partial charge in [0.25, 0.3) is 0 Å². The summed E-state index contributed by atoms with van der Waals surface area (Å²) in [7, 11) is 1.80. The van der Waals surface area contributed by atoms with E-state index in [2.05, 4.69) is 12.2 Å². The number of halogens is 3. The average Bonchev–Trinajstić information content (AvgIpc) is 2.62. The van der Waals surface area contributed by atoms with Crippen LogP contribution in [0.15, 0.2) is 0 Å². The molecule has 0 spiro atoms. The van der Waals surface area contributed by atoms with Gasteiger partial charge in [-0.1, -0.05) is 6.92 Å². The lowest BCUT2D eigenvalue weighted by Crippen LogP contribution is -2.34. The SMILES string of the molecule is CCNC1CCC(N(C)CCC(F)(F)F)C1. The molecule has 2 nitrogen and oxygen atoms in total. The topological polar surface area (TPSA) is 15.3 Å². The first-order chi connectivity index (χ1) is 7.42. The molecule has 0 bridgehead atoms. The number of alkyl halides is 3. The maximum Gasteiger partial charge on any atom is 0.390 e. The molecule has 0 amide bonds. The van der Waals surface area contributed by atoms with Crippen LogP contribution in [0.25, 0.3) is 0 Å². The molecule has 1 aliphatic rings. The van der Waals surface area contributed by atoms with Gasteiger partial charge in [0.15, 0.2) is 0 Å². The van der Waals surface area contributed by atoms with Gasteiger partial charge in [-0.15, -0.1) is 0 Å². The van der Waals surface area contributed by atoms with Gasteiger partial charge in [0, 0.05) is 18.6 Å². The molecule has 96 valence electrons. The molecule has 0 aromatic carbocycles. The van der Waals surface area contributed by atoms with Crippen LogP contribution >= 0.6 is 0 Å². The molecule has 1 fully saturated rings. The maximum absolute atomic E-state index is 12.1. The molecular formula is C11H21F3N2. The van der Waals surface area contributed by atoms with Crippen LogP contribution in [-0.2, 0) is 0 Å².